The zero-order valence-electron chi connectivity index (χ0n) is 18.8. The minimum atomic E-state index is -0.168. The summed E-state index contributed by atoms with van der Waals surface area (Å²) in [6.07, 6.45) is 6.23. The van der Waals surface area contributed by atoms with Crippen LogP contribution in [0.4, 0.5) is 11.4 Å². The summed E-state index contributed by atoms with van der Waals surface area (Å²) in [4.78, 5) is 22.0. The Bertz CT molecular complexity index is 1220. The van der Waals surface area contributed by atoms with Gasteiger partial charge >= 0.3 is 0 Å². The molecular weight excluding hydrogens is 428 g/mol. The second-order valence-electron chi connectivity index (χ2n) is 8.21. The van der Waals surface area contributed by atoms with Crippen molar-refractivity contribution < 1.29 is 4.79 Å². The predicted octanol–water partition coefficient (Wildman–Crippen LogP) is 2.67. The van der Waals surface area contributed by atoms with E-state index in [1.165, 1.54) is 16.6 Å². The van der Waals surface area contributed by atoms with Crippen molar-refractivity contribution in [2.75, 3.05) is 42.9 Å². The summed E-state index contributed by atoms with van der Waals surface area (Å²) in [7, 11) is 0. The third-order valence-corrected chi connectivity index (χ3v) is 6.05. The third-order valence-electron chi connectivity index (χ3n) is 6.05. The van der Waals surface area contributed by atoms with E-state index in [4.69, 9.17) is 0 Å². The Morgan fingerprint density at radius 3 is 2.56 bits per heavy atom. The standard InChI is InChI=1S/C25H26N8O/c34-25(21-4-3-5-22(18-21)33-19-27-29-30-33)28-23-6-1-2-7-24(23)32-16-14-31(15-17-32)13-10-20-8-11-26-12-9-20/h1-9,11-12,18-19H,10,13-17H2,(H,28,34). The number of tetrazole rings is 1. The number of carbonyl (C=O) groups is 1. The quantitative estimate of drug-likeness (QED) is 0.459. The molecule has 2 aromatic heterocycles. The normalized spacial score (nSPS) is 14.2. The van der Waals surface area contributed by atoms with Crippen LogP contribution in [-0.4, -0.2) is 68.7 Å². The van der Waals surface area contributed by atoms with E-state index in [1.807, 2.05) is 42.7 Å². The minimum Gasteiger partial charge on any atom is -0.367 e. The van der Waals surface area contributed by atoms with Gasteiger partial charge in [0.25, 0.3) is 5.91 Å². The van der Waals surface area contributed by atoms with Crippen molar-refractivity contribution in [3.63, 3.8) is 0 Å². The van der Waals surface area contributed by atoms with Crippen LogP contribution in [-0.2, 0) is 6.42 Å². The van der Waals surface area contributed by atoms with Gasteiger partial charge in [-0.15, -0.1) is 5.10 Å². The first-order valence-corrected chi connectivity index (χ1v) is 11.4. The Kier molecular flexibility index (Phi) is 6.53. The smallest absolute Gasteiger partial charge is 0.255 e. The number of hydrogen-bond acceptors (Lipinski definition) is 7. The van der Waals surface area contributed by atoms with Gasteiger partial charge < -0.3 is 10.2 Å². The molecule has 0 aliphatic carbocycles. The van der Waals surface area contributed by atoms with Crippen molar-refractivity contribution in [3.8, 4) is 5.69 Å². The molecule has 1 fully saturated rings. The highest BCUT2D eigenvalue weighted by molar-refractivity contribution is 6.06. The molecule has 2 aromatic carbocycles. The van der Waals surface area contributed by atoms with Crippen molar-refractivity contribution in [2.24, 2.45) is 0 Å². The maximum atomic E-state index is 13.0. The van der Waals surface area contributed by atoms with E-state index < -0.39 is 0 Å². The molecule has 4 aromatic rings. The molecule has 0 saturated carbocycles. The van der Waals surface area contributed by atoms with Crippen LogP contribution in [0, 0.1) is 0 Å². The number of piperazine rings is 1. The number of aromatic nitrogens is 5. The second-order valence-corrected chi connectivity index (χ2v) is 8.21. The first-order chi connectivity index (χ1) is 16.8. The van der Waals surface area contributed by atoms with Crippen molar-refractivity contribution in [2.45, 2.75) is 6.42 Å². The molecule has 0 atom stereocenters. The van der Waals surface area contributed by atoms with E-state index in [-0.39, 0.29) is 5.91 Å². The second kappa shape index (κ2) is 10.2. The molecule has 34 heavy (non-hydrogen) atoms. The molecule has 1 aliphatic heterocycles. The first kappa shape index (κ1) is 21.7. The van der Waals surface area contributed by atoms with Crippen molar-refractivity contribution in [1.29, 1.82) is 0 Å². The lowest BCUT2D eigenvalue weighted by atomic mass is 10.1. The lowest BCUT2D eigenvalue weighted by molar-refractivity contribution is 0.102. The lowest BCUT2D eigenvalue weighted by Gasteiger charge is -2.37. The number of anilines is 2. The van der Waals surface area contributed by atoms with Crippen molar-refractivity contribution >= 4 is 17.3 Å². The van der Waals surface area contributed by atoms with E-state index in [2.05, 4.69) is 53.8 Å². The van der Waals surface area contributed by atoms with Crippen LogP contribution in [0.5, 0.6) is 0 Å². The molecule has 0 bridgehead atoms. The van der Waals surface area contributed by atoms with Gasteiger partial charge in [-0.1, -0.05) is 18.2 Å². The fraction of sp³-hybridized carbons (Fsp3) is 0.240. The highest BCUT2D eigenvalue weighted by Crippen LogP contribution is 2.27. The van der Waals surface area contributed by atoms with Crippen LogP contribution >= 0.6 is 0 Å². The maximum Gasteiger partial charge on any atom is 0.255 e. The summed E-state index contributed by atoms with van der Waals surface area (Å²) in [5, 5.41) is 14.3. The fourth-order valence-corrected chi connectivity index (χ4v) is 4.17. The Hall–Kier alpha value is -4.11. The van der Waals surface area contributed by atoms with E-state index in [0.717, 1.165) is 56.2 Å². The highest BCUT2D eigenvalue weighted by Gasteiger charge is 2.20. The molecule has 9 nitrogen and oxygen atoms in total. The number of nitrogens with one attached hydrogen (secondary N) is 1. The number of hydrogen-bond donors (Lipinski definition) is 1. The Labute approximate surface area is 198 Å². The third kappa shape index (κ3) is 5.10. The Balaban J connectivity index is 1.22. The molecule has 0 radical (unpaired) electrons. The molecule has 1 amide bonds. The molecule has 1 aliphatic rings. The van der Waals surface area contributed by atoms with Gasteiger partial charge in [-0.25, -0.2) is 4.68 Å². The predicted molar refractivity (Wildman–Crippen MR) is 130 cm³/mol. The van der Waals surface area contributed by atoms with Crippen LogP contribution < -0.4 is 10.2 Å². The summed E-state index contributed by atoms with van der Waals surface area (Å²) in [6.45, 7) is 4.84. The largest absolute Gasteiger partial charge is 0.367 e. The summed E-state index contributed by atoms with van der Waals surface area (Å²) < 4.78 is 1.53. The number of benzene rings is 2. The van der Waals surface area contributed by atoms with Gasteiger partial charge in [0.1, 0.15) is 6.33 Å². The zero-order valence-corrected chi connectivity index (χ0v) is 18.8. The van der Waals surface area contributed by atoms with Crippen molar-refractivity contribution in [3.05, 3.63) is 90.5 Å². The maximum absolute atomic E-state index is 13.0. The fourth-order valence-electron chi connectivity index (χ4n) is 4.17. The van der Waals surface area contributed by atoms with Gasteiger partial charge in [0.15, 0.2) is 0 Å². The summed E-state index contributed by atoms with van der Waals surface area (Å²) >= 11 is 0. The lowest BCUT2D eigenvalue weighted by Crippen LogP contribution is -2.47. The number of carbonyl (C=O) groups excluding carboxylic acids is 1. The number of rotatable bonds is 7. The molecule has 5 rings (SSSR count). The number of pyridine rings is 1. The molecule has 3 heterocycles. The van der Waals surface area contributed by atoms with Gasteiger partial charge in [0.2, 0.25) is 0 Å². The average Bonchev–Trinajstić information content (AvgIpc) is 3.44. The van der Waals surface area contributed by atoms with E-state index in [9.17, 15) is 4.79 Å². The van der Waals surface area contributed by atoms with E-state index >= 15 is 0 Å². The Morgan fingerprint density at radius 1 is 0.941 bits per heavy atom. The molecule has 1 N–H and O–H groups in total. The number of amides is 1. The summed E-state index contributed by atoms with van der Waals surface area (Å²) in [5.41, 5.74) is 4.44. The molecule has 0 unspecified atom stereocenters. The van der Waals surface area contributed by atoms with Gasteiger partial charge in [-0.05, 0) is 64.9 Å². The molecule has 1 saturated heterocycles. The molecule has 172 valence electrons. The van der Waals surface area contributed by atoms with Crippen LogP contribution in [0.1, 0.15) is 15.9 Å². The zero-order chi connectivity index (χ0) is 23.2. The van der Waals surface area contributed by atoms with Crippen LogP contribution in [0.25, 0.3) is 5.69 Å². The molecule has 0 spiro atoms. The van der Waals surface area contributed by atoms with Crippen LogP contribution in [0.2, 0.25) is 0 Å². The number of para-hydroxylation sites is 2. The Morgan fingerprint density at radius 2 is 1.76 bits per heavy atom. The topological polar surface area (TPSA) is 92.1 Å². The van der Waals surface area contributed by atoms with Gasteiger partial charge in [0, 0.05) is 50.7 Å². The molecule has 9 heteroatoms. The summed E-state index contributed by atoms with van der Waals surface area (Å²) in [6, 6.07) is 19.4. The van der Waals surface area contributed by atoms with E-state index in [1.54, 1.807) is 12.1 Å². The SMILES string of the molecule is O=C(Nc1ccccc1N1CCN(CCc2ccncc2)CC1)c1cccc(-n2cnnn2)c1. The van der Waals surface area contributed by atoms with Crippen LogP contribution in [0.3, 0.4) is 0 Å². The van der Waals surface area contributed by atoms with Crippen LogP contribution in [0.15, 0.2) is 79.4 Å². The van der Waals surface area contributed by atoms with Gasteiger partial charge in [-0.3, -0.25) is 14.7 Å². The van der Waals surface area contributed by atoms with Gasteiger partial charge in [0.05, 0.1) is 17.1 Å². The average molecular weight is 455 g/mol. The minimum absolute atomic E-state index is 0.168. The van der Waals surface area contributed by atoms with E-state index in [0.29, 0.717) is 5.56 Å². The summed E-state index contributed by atoms with van der Waals surface area (Å²) in [5.74, 6) is -0.168. The highest BCUT2D eigenvalue weighted by atomic mass is 16.1. The first-order valence-electron chi connectivity index (χ1n) is 11.4. The monoisotopic (exact) mass is 454 g/mol. The van der Waals surface area contributed by atoms with Gasteiger partial charge in [-0.2, -0.15) is 0 Å². The van der Waals surface area contributed by atoms with Crippen molar-refractivity contribution in [1.82, 2.24) is 30.1 Å². The molecular formula is C25H26N8O. The number of nitrogens with zero attached hydrogens (tertiary/aromatic N) is 7.